The van der Waals surface area contributed by atoms with Gasteiger partial charge < -0.3 is 10.6 Å². The van der Waals surface area contributed by atoms with E-state index in [1.54, 1.807) is 24.3 Å². The van der Waals surface area contributed by atoms with E-state index in [2.05, 4.69) is 25.6 Å². The number of aromatic nitrogens is 3. The average molecular weight is 434 g/mol. The first kappa shape index (κ1) is 20.4. The zero-order chi connectivity index (χ0) is 22.0. The largest absolute Gasteiger partial charge is 0.338 e. The van der Waals surface area contributed by atoms with Gasteiger partial charge in [0.1, 0.15) is 34.1 Å². The van der Waals surface area contributed by atoms with E-state index in [9.17, 15) is 13.2 Å². The van der Waals surface area contributed by atoms with Gasteiger partial charge in [0.15, 0.2) is 15.6 Å². The molecule has 1 saturated carbocycles. The monoisotopic (exact) mass is 434 g/mol. The number of anilines is 4. The molecule has 31 heavy (non-hydrogen) atoms. The topological polar surface area (TPSA) is 138 Å². The first-order valence-electron chi connectivity index (χ1n) is 9.45. The molecule has 1 fully saturated rings. The second kappa shape index (κ2) is 8.12. The molecule has 0 aliphatic heterocycles. The number of carbonyl (C=O) groups excluding carboxylic acids is 1. The van der Waals surface area contributed by atoms with Gasteiger partial charge in [-0.1, -0.05) is 6.07 Å². The third-order valence-electron chi connectivity index (χ3n) is 4.66. The Labute approximate surface area is 179 Å². The molecule has 0 unspecified atom stereocenters. The van der Waals surface area contributed by atoms with Crippen LogP contribution in [-0.2, 0) is 9.84 Å². The van der Waals surface area contributed by atoms with E-state index in [0.29, 0.717) is 22.9 Å². The van der Waals surface area contributed by atoms with Crippen molar-refractivity contribution >= 4 is 38.8 Å². The van der Waals surface area contributed by atoms with Crippen molar-refractivity contribution in [3.8, 4) is 6.07 Å². The normalized spacial score (nSPS) is 13.3. The zero-order valence-corrected chi connectivity index (χ0v) is 17.3. The molecule has 0 bridgehead atoms. The average Bonchev–Trinajstić information content (AvgIpc) is 3.59. The van der Waals surface area contributed by atoms with E-state index in [1.807, 2.05) is 6.07 Å². The summed E-state index contributed by atoms with van der Waals surface area (Å²) in [6.07, 6.45) is 5.65. The summed E-state index contributed by atoms with van der Waals surface area (Å²) >= 11 is 0. The minimum Gasteiger partial charge on any atom is -0.338 e. The zero-order valence-electron chi connectivity index (χ0n) is 16.5. The molecule has 0 amide bonds. The molecule has 3 heterocycles. The quantitative estimate of drug-likeness (QED) is 0.537. The molecule has 4 rings (SSSR count). The van der Waals surface area contributed by atoms with Crippen LogP contribution in [0.2, 0.25) is 0 Å². The van der Waals surface area contributed by atoms with E-state index >= 15 is 0 Å². The van der Waals surface area contributed by atoms with Crippen LogP contribution in [0.3, 0.4) is 0 Å². The minimum absolute atomic E-state index is 0.0227. The van der Waals surface area contributed by atoms with Crippen molar-refractivity contribution in [3.05, 3.63) is 60.0 Å². The van der Waals surface area contributed by atoms with Crippen molar-refractivity contribution in [2.45, 2.75) is 17.7 Å². The summed E-state index contributed by atoms with van der Waals surface area (Å²) in [5.74, 6) is 0.801. The fourth-order valence-electron chi connectivity index (χ4n) is 3.00. The maximum absolute atomic E-state index is 12.8. The van der Waals surface area contributed by atoms with Crippen molar-refractivity contribution in [2.75, 3.05) is 16.9 Å². The number of hydrogen-bond acceptors (Lipinski definition) is 9. The molecule has 9 nitrogen and oxygen atoms in total. The van der Waals surface area contributed by atoms with Crippen molar-refractivity contribution in [2.24, 2.45) is 5.92 Å². The van der Waals surface area contributed by atoms with Crippen LogP contribution in [-0.4, -0.2) is 35.4 Å². The van der Waals surface area contributed by atoms with Crippen molar-refractivity contribution in [3.63, 3.8) is 0 Å². The van der Waals surface area contributed by atoms with E-state index in [-0.39, 0.29) is 28.1 Å². The Hall–Kier alpha value is -3.84. The number of pyridine rings is 3. The van der Waals surface area contributed by atoms with Crippen molar-refractivity contribution in [1.82, 2.24) is 15.0 Å². The Morgan fingerprint density at radius 2 is 1.94 bits per heavy atom. The van der Waals surface area contributed by atoms with Crippen LogP contribution in [0.4, 0.5) is 23.1 Å². The van der Waals surface area contributed by atoms with Crippen LogP contribution < -0.4 is 10.6 Å². The molecule has 1 aliphatic carbocycles. The Morgan fingerprint density at radius 1 is 1.13 bits per heavy atom. The number of carbonyl (C=O) groups is 1. The fourth-order valence-corrected chi connectivity index (χ4v) is 3.78. The molecule has 0 atom stereocenters. The maximum atomic E-state index is 12.8. The predicted octanol–water partition coefficient (Wildman–Crippen LogP) is 3.23. The fraction of sp³-hybridized carbons (Fsp3) is 0.190. The lowest BCUT2D eigenvalue weighted by Gasteiger charge is -2.14. The summed E-state index contributed by atoms with van der Waals surface area (Å²) in [6, 6.07) is 11.5. The molecule has 3 aromatic heterocycles. The summed E-state index contributed by atoms with van der Waals surface area (Å²) in [7, 11) is -3.54. The minimum atomic E-state index is -3.54. The highest BCUT2D eigenvalue weighted by Crippen LogP contribution is 2.36. The Bertz CT molecular complexity index is 1310. The molecule has 0 spiro atoms. The number of ketones is 1. The van der Waals surface area contributed by atoms with Gasteiger partial charge in [-0.05, 0) is 37.1 Å². The highest BCUT2D eigenvalue weighted by Gasteiger charge is 2.32. The first-order chi connectivity index (χ1) is 14.8. The highest BCUT2D eigenvalue weighted by atomic mass is 32.2. The molecule has 0 saturated heterocycles. The molecule has 156 valence electrons. The highest BCUT2D eigenvalue weighted by molar-refractivity contribution is 7.90. The Balaban J connectivity index is 1.73. The summed E-state index contributed by atoms with van der Waals surface area (Å²) in [4.78, 5) is 25.4. The molecule has 0 aromatic carbocycles. The summed E-state index contributed by atoms with van der Waals surface area (Å²) in [5.41, 5.74) is 0.987. The van der Waals surface area contributed by atoms with Crippen LogP contribution >= 0.6 is 0 Å². The molecule has 0 radical (unpaired) electrons. The molecule has 10 heteroatoms. The van der Waals surface area contributed by atoms with Crippen LogP contribution in [0.25, 0.3) is 0 Å². The van der Waals surface area contributed by atoms with E-state index in [0.717, 1.165) is 19.1 Å². The second-order valence-electron chi connectivity index (χ2n) is 7.15. The van der Waals surface area contributed by atoms with Gasteiger partial charge in [0.2, 0.25) is 0 Å². The van der Waals surface area contributed by atoms with E-state index < -0.39 is 9.84 Å². The molecule has 2 N–H and O–H groups in total. The molecular formula is C21H18N6O3S. The predicted molar refractivity (Wildman–Crippen MR) is 114 cm³/mol. The van der Waals surface area contributed by atoms with E-state index in [4.69, 9.17) is 5.26 Å². The third-order valence-corrected chi connectivity index (χ3v) is 5.79. The second-order valence-corrected chi connectivity index (χ2v) is 9.13. The lowest BCUT2D eigenvalue weighted by molar-refractivity contribution is 0.0968. The van der Waals surface area contributed by atoms with Gasteiger partial charge in [-0.3, -0.25) is 4.79 Å². The standard InChI is InChI=1S/C21H18N6O3S/c1-31(29,30)17-5-3-9-23-21(17)26-16-10-19(24-12-15(16)20(28)13-7-8-13)27-18-6-2-4-14(11-22)25-18/h2-6,9-10,12-13H,7-8H2,1H3,(H2,23,24,25,26,27). The third kappa shape index (κ3) is 4.67. The first-order valence-corrected chi connectivity index (χ1v) is 11.3. The van der Waals surface area contributed by atoms with Gasteiger partial charge in [-0.25, -0.2) is 23.4 Å². The van der Waals surface area contributed by atoms with Crippen LogP contribution in [0.5, 0.6) is 0 Å². The SMILES string of the molecule is CS(=O)(=O)c1cccnc1Nc1cc(Nc2cccc(C#N)n2)ncc1C(=O)C1CC1. The maximum Gasteiger partial charge on any atom is 0.179 e. The number of rotatable bonds is 7. The van der Waals surface area contributed by atoms with Gasteiger partial charge in [0.05, 0.1) is 11.3 Å². The number of sulfone groups is 1. The smallest absolute Gasteiger partial charge is 0.179 e. The van der Waals surface area contributed by atoms with Crippen LogP contribution in [0.1, 0.15) is 28.9 Å². The van der Waals surface area contributed by atoms with Gasteiger partial charge in [-0.2, -0.15) is 5.26 Å². The summed E-state index contributed by atoms with van der Waals surface area (Å²) in [5, 5.41) is 15.0. The number of nitriles is 1. The number of nitrogens with zero attached hydrogens (tertiary/aromatic N) is 4. The van der Waals surface area contributed by atoms with E-state index in [1.165, 1.54) is 24.5 Å². The number of hydrogen-bond donors (Lipinski definition) is 2. The van der Waals surface area contributed by atoms with Gasteiger partial charge in [-0.15, -0.1) is 0 Å². The van der Waals surface area contributed by atoms with Crippen LogP contribution in [0.15, 0.2) is 53.7 Å². The van der Waals surface area contributed by atoms with Crippen LogP contribution in [0, 0.1) is 17.2 Å². The van der Waals surface area contributed by atoms with Crippen molar-refractivity contribution in [1.29, 1.82) is 5.26 Å². The lowest BCUT2D eigenvalue weighted by Crippen LogP contribution is -2.10. The summed E-state index contributed by atoms with van der Waals surface area (Å²) in [6.45, 7) is 0. The molecule has 3 aromatic rings. The van der Waals surface area contributed by atoms with Crippen molar-refractivity contribution < 1.29 is 13.2 Å². The number of Topliss-reactive ketones (excluding diaryl/α,β-unsaturated/α-hetero) is 1. The molecular weight excluding hydrogens is 416 g/mol. The van der Waals surface area contributed by atoms with Gasteiger partial charge in [0.25, 0.3) is 0 Å². The Kier molecular flexibility index (Phi) is 5.35. The molecule has 1 aliphatic rings. The lowest BCUT2D eigenvalue weighted by atomic mass is 10.1. The van der Waals surface area contributed by atoms with Gasteiger partial charge in [0, 0.05) is 30.6 Å². The number of nitrogens with one attached hydrogen (secondary N) is 2. The Morgan fingerprint density at radius 3 is 2.65 bits per heavy atom. The summed E-state index contributed by atoms with van der Waals surface area (Å²) < 4.78 is 24.3. The van der Waals surface area contributed by atoms with Gasteiger partial charge >= 0.3 is 0 Å².